The fourth-order valence-corrected chi connectivity index (χ4v) is 2.79. The fourth-order valence-electron chi connectivity index (χ4n) is 2.32. The van der Waals surface area contributed by atoms with Crippen LogP contribution in [0, 0.1) is 5.92 Å². The first-order valence-electron chi connectivity index (χ1n) is 6.42. The van der Waals surface area contributed by atoms with Crippen molar-refractivity contribution in [3.8, 4) is 0 Å². The molecule has 1 saturated heterocycles. The Morgan fingerprint density at radius 1 is 1.33 bits per heavy atom. The van der Waals surface area contributed by atoms with Crippen LogP contribution in [0.5, 0.6) is 0 Å². The highest BCUT2D eigenvalue weighted by molar-refractivity contribution is 6.35. The van der Waals surface area contributed by atoms with Crippen LogP contribution in [0.25, 0.3) is 0 Å². The lowest BCUT2D eigenvalue weighted by Gasteiger charge is -2.28. The van der Waals surface area contributed by atoms with Crippen LogP contribution in [-0.4, -0.2) is 19.3 Å². The molecule has 1 aromatic rings. The molecule has 1 aromatic carbocycles. The number of benzene rings is 1. The molecule has 0 aliphatic carbocycles. The van der Waals surface area contributed by atoms with Crippen molar-refractivity contribution in [3.05, 3.63) is 33.8 Å². The van der Waals surface area contributed by atoms with Gasteiger partial charge in [0.05, 0.1) is 0 Å². The van der Waals surface area contributed by atoms with Gasteiger partial charge in [-0.05, 0) is 43.4 Å². The Kier molecular flexibility index (Phi) is 5.31. The highest BCUT2D eigenvalue weighted by Crippen LogP contribution is 2.22. The summed E-state index contributed by atoms with van der Waals surface area (Å²) in [6.07, 6.45) is 2.28. The minimum absolute atomic E-state index is 0.487. The molecular formula is C14H19Cl2NO. The van der Waals surface area contributed by atoms with Crippen LogP contribution in [0.4, 0.5) is 0 Å². The first-order chi connectivity index (χ1) is 8.66. The van der Waals surface area contributed by atoms with Crippen molar-refractivity contribution in [2.75, 3.05) is 13.2 Å². The standard InChI is InChI=1S/C14H19Cl2NO/c1-10(11-4-6-18-7-5-11)17-9-12-2-3-13(15)8-14(12)16/h2-3,8,10-11,17H,4-7,9H2,1H3. The lowest BCUT2D eigenvalue weighted by molar-refractivity contribution is 0.0558. The van der Waals surface area contributed by atoms with Gasteiger partial charge in [0.25, 0.3) is 0 Å². The Labute approximate surface area is 119 Å². The van der Waals surface area contributed by atoms with Gasteiger partial charge >= 0.3 is 0 Å². The fraction of sp³-hybridized carbons (Fsp3) is 0.571. The second-order valence-electron chi connectivity index (χ2n) is 4.86. The number of halogens is 2. The molecule has 1 heterocycles. The summed E-state index contributed by atoms with van der Waals surface area (Å²) in [5.41, 5.74) is 1.10. The first kappa shape index (κ1) is 14.1. The Bertz CT molecular complexity index is 391. The summed E-state index contributed by atoms with van der Waals surface area (Å²) >= 11 is 12.0. The number of ether oxygens (including phenoxy) is 1. The Morgan fingerprint density at radius 3 is 2.72 bits per heavy atom. The van der Waals surface area contributed by atoms with Crippen LogP contribution >= 0.6 is 23.2 Å². The normalized spacial score (nSPS) is 18.8. The van der Waals surface area contributed by atoms with E-state index in [9.17, 15) is 0 Å². The summed E-state index contributed by atoms with van der Waals surface area (Å²) in [6, 6.07) is 6.14. The van der Waals surface area contributed by atoms with Gasteiger partial charge in [0.1, 0.15) is 0 Å². The molecule has 0 amide bonds. The molecule has 18 heavy (non-hydrogen) atoms. The molecular weight excluding hydrogens is 269 g/mol. The predicted molar refractivity (Wildman–Crippen MR) is 76.3 cm³/mol. The van der Waals surface area contributed by atoms with E-state index in [1.165, 1.54) is 0 Å². The molecule has 2 rings (SSSR count). The zero-order valence-corrected chi connectivity index (χ0v) is 12.1. The van der Waals surface area contributed by atoms with Crippen LogP contribution in [0.3, 0.4) is 0 Å². The van der Waals surface area contributed by atoms with Gasteiger partial charge in [0.2, 0.25) is 0 Å². The maximum atomic E-state index is 6.15. The van der Waals surface area contributed by atoms with Gasteiger partial charge in [-0.3, -0.25) is 0 Å². The zero-order chi connectivity index (χ0) is 13.0. The summed E-state index contributed by atoms with van der Waals surface area (Å²) < 4.78 is 5.38. The SMILES string of the molecule is CC(NCc1ccc(Cl)cc1Cl)C1CCOCC1. The van der Waals surface area contributed by atoms with E-state index in [1.807, 2.05) is 12.1 Å². The third kappa shape index (κ3) is 3.86. The van der Waals surface area contributed by atoms with Crippen molar-refractivity contribution in [1.82, 2.24) is 5.32 Å². The topological polar surface area (TPSA) is 21.3 Å². The van der Waals surface area contributed by atoms with E-state index < -0.39 is 0 Å². The van der Waals surface area contributed by atoms with E-state index >= 15 is 0 Å². The molecule has 0 radical (unpaired) electrons. The Morgan fingerprint density at radius 2 is 2.06 bits per heavy atom. The van der Waals surface area contributed by atoms with Crippen molar-refractivity contribution in [1.29, 1.82) is 0 Å². The van der Waals surface area contributed by atoms with E-state index in [0.717, 1.165) is 43.2 Å². The highest BCUT2D eigenvalue weighted by Gasteiger charge is 2.20. The molecule has 1 fully saturated rings. The molecule has 1 N–H and O–H groups in total. The first-order valence-corrected chi connectivity index (χ1v) is 7.17. The summed E-state index contributed by atoms with van der Waals surface area (Å²) in [7, 11) is 0. The van der Waals surface area contributed by atoms with Gasteiger partial charge in [-0.2, -0.15) is 0 Å². The van der Waals surface area contributed by atoms with E-state index in [0.29, 0.717) is 17.0 Å². The number of hydrogen-bond donors (Lipinski definition) is 1. The summed E-state index contributed by atoms with van der Waals surface area (Å²) in [6.45, 7) is 4.80. The summed E-state index contributed by atoms with van der Waals surface area (Å²) in [5.74, 6) is 0.699. The van der Waals surface area contributed by atoms with Crippen molar-refractivity contribution in [3.63, 3.8) is 0 Å². The Hall–Kier alpha value is -0.280. The van der Waals surface area contributed by atoms with Crippen LogP contribution in [0.15, 0.2) is 18.2 Å². The molecule has 1 unspecified atom stereocenters. The third-order valence-corrected chi connectivity index (χ3v) is 4.19. The van der Waals surface area contributed by atoms with Gasteiger partial charge in [0.15, 0.2) is 0 Å². The van der Waals surface area contributed by atoms with Gasteiger partial charge in [-0.1, -0.05) is 29.3 Å². The molecule has 0 spiro atoms. The van der Waals surface area contributed by atoms with Gasteiger partial charge in [-0.15, -0.1) is 0 Å². The van der Waals surface area contributed by atoms with E-state index in [4.69, 9.17) is 27.9 Å². The second kappa shape index (κ2) is 6.76. The lowest BCUT2D eigenvalue weighted by atomic mass is 9.93. The van der Waals surface area contributed by atoms with E-state index in [2.05, 4.69) is 12.2 Å². The molecule has 4 heteroatoms. The van der Waals surface area contributed by atoms with Crippen LogP contribution < -0.4 is 5.32 Å². The van der Waals surface area contributed by atoms with Gasteiger partial charge in [-0.25, -0.2) is 0 Å². The number of rotatable bonds is 4. The largest absolute Gasteiger partial charge is 0.381 e. The van der Waals surface area contributed by atoms with Crippen molar-refractivity contribution >= 4 is 23.2 Å². The van der Waals surface area contributed by atoms with Crippen molar-refractivity contribution in [2.45, 2.75) is 32.4 Å². The maximum Gasteiger partial charge on any atom is 0.0469 e. The molecule has 1 aliphatic heterocycles. The quantitative estimate of drug-likeness (QED) is 0.907. The average molecular weight is 288 g/mol. The van der Waals surface area contributed by atoms with Crippen LogP contribution in [-0.2, 0) is 11.3 Å². The minimum atomic E-state index is 0.487. The molecule has 1 aliphatic rings. The lowest BCUT2D eigenvalue weighted by Crippen LogP contribution is -2.36. The Balaban J connectivity index is 1.86. The van der Waals surface area contributed by atoms with Crippen LogP contribution in [0.1, 0.15) is 25.3 Å². The maximum absolute atomic E-state index is 6.15. The van der Waals surface area contributed by atoms with Gasteiger partial charge < -0.3 is 10.1 Å². The van der Waals surface area contributed by atoms with E-state index in [-0.39, 0.29) is 0 Å². The highest BCUT2D eigenvalue weighted by atomic mass is 35.5. The molecule has 0 saturated carbocycles. The molecule has 0 aromatic heterocycles. The third-order valence-electron chi connectivity index (χ3n) is 3.60. The average Bonchev–Trinajstić information content (AvgIpc) is 2.38. The van der Waals surface area contributed by atoms with Crippen LogP contribution in [0.2, 0.25) is 10.0 Å². The number of hydrogen-bond acceptors (Lipinski definition) is 2. The summed E-state index contributed by atoms with van der Waals surface area (Å²) in [4.78, 5) is 0. The van der Waals surface area contributed by atoms with Crippen molar-refractivity contribution < 1.29 is 4.74 Å². The monoisotopic (exact) mass is 287 g/mol. The van der Waals surface area contributed by atoms with E-state index in [1.54, 1.807) is 6.07 Å². The van der Waals surface area contributed by atoms with Crippen molar-refractivity contribution in [2.24, 2.45) is 5.92 Å². The number of nitrogens with one attached hydrogen (secondary N) is 1. The molecule has 100 valence electrons. The molecule has 2 nitrogen and oxygen atoms in total. The van der Waals surface area contributed by atoms with Gasteiger partial charge in [0, 0.05) is 35.8 Å². The molecule has 1 atom stereocenters. The smallest absolute Gasteiger partial charge is 0.0469 e. The minimum Gasteiger partial charge on any atom is -0.381 e. The zero-order valence-electron chi connectivity index (χ0n) is 10.6. The summed E-state index contributed by atoms with van der Waals surface area (Å²) in [5, 5.41) is 4.96. The molecule has 0 bridgehead atoms. The second-order valence-corrected chi connectivity index (χ2v) is 5.70. The predicted octanol–water partition coefficient (Wildman–Crippen LogP) is 3.90.